The number of thioether (sulfide) groups is 1. The summed E-state index contributed by atoms with van der Waals surface area (Å²) in [6, 6.07) is 7.86. The largest absolute Gasteiger partial charge is 0.493 e. The number of aromatic nitrogens is 3. The minimum absolute atomic E-state index is 0.692. The number of methoxy groups -OCH3 is 2. The maximum atomic E-state index is 5.38. The van der Waals surface area contributed by atoms with Gasteiger partial charge in [-0.2, -0.15) is 0 Å². The molecule has 114 valence electrons. The molecule has 0 aliphatic heterocycles. The van der Waals surface area contributed by atoms with E-state index in [4.69, 9.17) is 14.5 Å². The second-order valence-corrected chi connectivity index (χ2v) is 5.60. The summed E-state index contributed by atoms with van der Waals surface area (Å²) in [4.78, 5) is 9.14. The minimum atomic E-state index is 0.692. The van der Waals surface area contributed by atoms with E-state index in [0.717, 1.165) is 27.3 Å². The van der Waals surface area contributed by atoms with Crippen molar-refractivity contribution in [3.8, 4) is 22.8 Å². The number of rotatable bonds is 4. The molecule has 0 atom stereocenters. The summed E-state index contributed by atoms with van der Waals surface area (Å²) in [5.41, 5.74) is 3.86. The van der Waals surface area contributed by atoms with Crippen LogP contribution in [0.4, 0.5) is 0 Å². The number of hydrogen-bond donors (Lipinski definition) is 0. The number of ether oxygens (including phenoxy) is 2. The number of hydrogen-bond acceptors (Lipinski definition) is 5. The van der Waals surface area contributed by atoms with Crippen molar-refractivity contribution in [2.75, 3.05) is 20.5 Å². The third-order valence-corrected chi connectivity index (χ3v) is 4.22. The Morgan fingerprint density at radius 3 is 2.55 bits per heavy atom. The summed E-state index contributed by atoms with van der Waals surface area (Å²) in [5, 5.41) is 0.919. The van der Waals surface area contributed by atoms with Crippen LogP contribution in [0.25, 0.3) is 22.3 Å². The zero-order valence-electron chi connectivity index (χ0n) is 13.0. The second-order valence-electron chi connectivity index (χ2n) is 4.81. The molecule has 2 heterocycles. The molecule has 0 spiro atoms. The lowest BCUT2D eigenvalue weighted by Crippen LogP contribution is -1.94. The van der Waals surface area contributed by atoms with E-state index >= 15 is 0 Å². The molecule has 2 aromatic heterocycles. The van der Waals surface area contributed by atoms with Crippen molar-refractivity contribution in [2.24, 2.45) is 7.05 Å². The smallest absolute Gasteiger partial charge is 0.161 e. The molecule has 3 rings (SSSR count). The van der Waals surface area contributed by atoms with E-state index in [1.807, 2.05) is 48.5 Å². The lowest BCUT2D eigenvalue weighted by molar-refractivity contribution is 0.355. The first-order chi connectivity index (χ1) is 10.7. The zero-order chi connectivity index (χ0) is 15.7. The highest BCUT2D eigenvalue weighted by molar-refractivity contribution is 7.98. The Morgan fingerprint density at radius 1 is 1.09 bits per heavy atom. The topological polar surface area (TPSA) is 49.2 Å². The first kappa shape index (κ1) is 14.7. The van der Waals surface area contributed by atoms with E-state index in [1.165, 1.54) is 0 Å². The quantitative estimate of drug-likeness (QED) is 0.691. The number of benzene rings is 1. The Bertz CT molecular complexity index is 830. The average Bonchev–Trinajstić information content (AvgIpc) is 2.94. The van der Waals surface area contributed by atoms with Crippen molar-refractivity contribution >= 4 is 22.8 Å². The van der Waals surface area contributed by atoms with Gasteiger partial charge in [0.1, 0.15) is 10.5 Å². The number of fused-ring (bicyclic) bond motifs is 1. The number of nitrogens with zero attached hydrogens (tertiary/aromatic N) is 3. The van der Waals surface area contributed by atoms with Crippen LogP contribution in [0, 0.1) is 0 Å². The minimum Gasteiger partial charge on any atom is -0.493 e. The highest BCUT2D eigenvalue weighted by Gasteiger charge is 2.13. The Hall–Kier alpha value is -2.21. The first-order valence-electron chi connectivity index (χ1n) is 6.76. The van der Waals surface area contributed by atoms with Crippen LogP contribution >= 0.6 is 11.8 Å². The predicted octanol–water partition coefficient (Wildman–Crippen LogP) is 3.37. The van der Waals surface area contributed by atoms with Gasteiger partial charge in [-0.3, -0.25) is 0 Å². The van der Waals surface area contributed by atoms with Gasteiger partial charge in [0.2, 0.25) is 0 Å². The van der Waals surface area contributed by atoms with Crippen molar-refractivity contribution < 1.29 is 9.47 Å². The van der Waals surface area contributed by atoms with Crippen LogP contribution in [0.15, 0.2) is 35.6 Å². The Balaban J connectivity index is 2.19. The molecule has 5 nitrogen and oxygen atoms in total. The van der Waals surface area contributed by atoms with E-state index in [-0.39, 0.29) is 0 Å². The molecule has 0 saturated carbocycles. The van der Waals surface area contributed by atoms with Crippen molar-refractivity contribution in [2.45, 2.75) is 5.03 Å². The van der Waals surface area contributed by atoms with Gasteiger partial charge in [-0.1, -0.05) is 0 Å². The number of imidazole rings is 1. The fourth-order valence-electron chi connectivity index (χ4n) is 2.38. The van der Waals surface area contributed by atoms with Crippen LogP contribution < -0.4 is 9.47 Å². The van der Waals surface area contributed by atoms with Crippen LogP contribution in [0.3, 0.4) is 0 Å². The molecule has 6 heteroatoms. The van der Waals surface area contributed by atoms with E-state index in [0.29, 0.717) is 11.5 Å². The molecule has 0 fully saturated rings. The molecule has 0 unspecified atom stereocenters. The standard InChI is InChI=1S/C16H17N3O2S/c1-19-9-17-15-12(19)8-11(18-16(15)22-4)10-5-6-13(20-2)14(7-10)21-3/h5-9H,1-4H3. The van der Waals surface area contributed by atoms with Crippen molar-refractivity contribution in [3.05, 3.63) is 30.6 Å². The zero-order valence-corrected chi connectivity index (χ0v) is 13.8. The summed E-state index contributed by atoms with van der Waals surface area (Å²) < 4.78 is 12.7. The molecular formula is C16H17N3O2S. The summed E-state index contributed by atoms with van der Waals surface area (Å²) >= 11 is 1.60. The van der Waals surface area contributed by atoms with Gasteiger partial charge >= 0.3 is 0 Å². The third-order valence-electron chi connectivity index (χ3n) is 3.55. The number of aryl methyl sites for hydroxylation is 1. The molecule has 0 radical (unpaired) electrons. The van der Waals surface area contributed by atoms with Gasteiger partial charge in [0.15, 0.2) is 11.5 Å². The summed E-state index contributed by atoms with van der Waals surface area (Å²) in [5.74, 6) is 1.40. The van der Waals surface area contributed by atoms with E-state index in [9.17, 15) is 0 Å². The second kappa shape index (κ2) is 5.88. The number of pyridine rings is 1. The van der Waals surface area contributed by atoms with Crippen LogP contribution in [0.2, 0.25) is 0 Å². The fourth-order valence-corrected chi connectivity index (χ4v) is 2.92. The molecule has 1 aromatic carbocycles. The van der Waals surface area contributed by atoms with E-state index in [1.54, 1.807) is 26.0 Å². The summed E-state index contributed by atoms with van der Waals surface area (Å²) in [6.07, 6.45) is 3.82. The van der Waals surface area contributed by atoms with Crippen LogP contribution in [-0.2, 0) is 7.05 Å². The molecule has 0 bridgehead atoms. The highest BCUT2D eigenvalue weighted by atomic mass is 32.2. The molecule has 0 N–H and O–H groups in total. The molecule has 22 heavy (non-hydrogen) atoms. The van der Waals surface area contributed by atoms with Crippen LogP contribution in [0.1, 0.15) is 0 Å². The normalized spacial score (nSPS) is 10.9. The lowest BCUT2D eigenvalue weighted by atomic mass is 10.1. The maximum Gasteiger partial charge on any atom is 0.161 e. The molecule has 0 aliphatic carbocycles. The lowest BCUT2D eigenvalue weighted by Gasteiger charge is -2.10. The maximum absolute atomic E-state index is 5.38. The van der Waals surface area contributed by atoms with Gasteiger partial charge in [0, 0.05) is 12.6 Å². The molecule has 0 amide bonds. The Morgan fingerprint density at radius 2 is 1.86 bits per heavy atom. The highest BCUT2D eigenvalue weighted by Crippen LogP contribution is 2.34. The Labute approximate surface area is 133 Å². The van der Waals surface area contributed by atoms with Crippen LogP contribution in [0.5, 0.6) is 11.5 Å². The van der Waals surface area contributed by atoms with Crippen molar-refractivity contribution in [1.82, 2.24) is 14.5 Å². The fraction of sp³-hybridized carbons (Fsp3) is 0.250. The third kappa shape index (κ3) is 2.39. The van der Waals surface area contributed by atoms with Crippen LogP contribution in [-0.4, -0.2) is 35.0 Å². The predicted molar refractivity (Wildman–Crippen MR) is 88.8 cm³/mol. The van der Waals surface area contributed by atoms with Gasteiger partial charge in [-0.15, -0.1) is 11.8 Å². The molecule has 3 aromatic rings. The summed E-state index contributed by atoms with van der Waals surface area (Å²) in [6.45, 7) is 0. The van der Waals surface area contributed by atoms with Gasteiger partial charge in [-0.25, -0.2) is 9.97 Å². The summed E-state index contributed by atoms with van der Waals surface area (Å²) in [7, 11) is 5.24. The SMILES string of the molecule is COc1ccc(-c2cc3c(ncn3C)c(SC)n2)cc1OC. The van der Waals surface area contributed by atoms with E-state index < -0.39 is 0 Å². The molecule has 0 saturated heterocycles. The van der Waals surface area contributed by atoms with E-state index in [2.05, 4.69) is 4.98 Å². The first-order valence-corrected chi connectivity index (χ1v) is 7.99. The van der Waals surface area contributed by atoms with Gasteiger partial charge in [0.25, 0.3) is 0 Å². The Kier molecular flexibility index (Phi) is 3.94. The van der Waals surface area contributed by atoms with Gasteiger partial charge in [-0.05, 0) is 30.5 Å². The monoisotopic (exact) mass is 315 g/mol. The van der Waals surface area contributed by atoms with Crippen molar-refractivity contribution in [3.63, 3.8) is 0 Å². The average molecular weight is 315 g/mol. The molecular weight excluding hydrogens is 298 g/mol. The van der Waals surface area contributed by atoms with Gasteiger partial charge < -0.3 is 14.0 Å². The van der Waals surface area contributed by atoms with Crippen molar-refractivity contribution in [1.29, 1.82) is 0 Å². The van der Waals surface area contributed by atoms with Gasteiger partial charge in [0.05, 0.1) is 31.8 Å². The molecule has 0 aliphatic rings.